The molecule has 0 saturated carbocycles. The fraction of sp³-hybridized carbons (Fsp3) is 0.522. The number of rotatable bonds is 5. The van der Waals surface area contributed by atoms with Crippen molar-refractivity contribution < 1.29 is 4.39 Å². The van der Waals surface area contributed by atoms with Gasteiger partial charge in [-0.25, -0.2) is 13.9 Å². The third-order valence-electron chi connectivity index (χ3n) is 6.51. The van der Waals surface area contributed by atoms with E-state index < -0.39 is 0 Å². The van der Waals surface area contributed by atoms with Gasteiger partial charge in [-0.2, -0.15) is 10.1 Å². The van der Waals surface area contributed by atoms with Crippen molar-refractivity contribution in [2.45, 2.75) is 52.5 Å². The number of benzene rings is 1. The van der Waals surface area contributed by atoms with Crippen LogP contribution in [0.5, 0.6) is 0 Å². The number of halogens is 2. The van der Waals surface area contributed by atoms with Crippen LogP contribution in [0, 0.1) is 24.6 Å². The van der Waals surface area contributed by atoms with Crippen LogP contribution >= 0.6 is 15.9 Å². The van der Waals surface area contributed by atoms with Gasteiger partial charge in [0.1, 0.15) is 12.1 Å². The lowest BCUT2D eigenvalue weighted by atomic mass is 9.82. The molecule has 1 aliphatic rings. The van der Waals surface area contributed by atoms with Crippen LogP contribution in [0.2, 0.25) is 0 Å². The third-order valence-corrected chi connectivity index (χ3v) is 7.11. The first-order chi connectivity index (χ1) is 14.3. The Labute approximate surface area is 185 Å². The first-order valence-electron chi connectivity index (χ1n) is 10.7. The van der Waals surface area contributed by atoms with Crippen LogP contribution in [-0.4, -0.2) is 37.6 Å². The van der Waals surface area contributed by atoms with E-state index in [1.165, 1.54) is 11.3 Å². The van der Waals surface area contributed by atoms with Crippen LogP contribution in [-0.2, 0) is 0 Å². The third kappa shape index (κ3) is 4.14. The Bertz CT molecular complexity index is 1030. The number of hydrogen-bond acceptors (Lipinski definition) is 4. The van der Waals surface area contributed by atoms with Crippen molar-refractivity contribution in [2.75, 3.05) is 13.1 Å². The molecule has 1 aromatic carbocycles. The van der Waals surface area contributed by atoms with E-state index >= 15 is 0 Å². The summed E-state index contributed by atoms with van der Waals surface area (Å²) >= 11 is 3.38. The molecule has 30 heavy (non-hydrogen) atoms. The molecule has 0 bridgehead atoms. The zero-order valence-corrected chi connectivity index (χ0v) is 19.6. The number of aryl methyl sites for hydroxylation is 1. The lowest BCUT2D eigenvalue weighted by Crippen LogP contribution is -2.41. The second-order valence-corrected chi connectivity index (χ2v) is 9.70. The minimum atomic E-state index is -0.216. The summed E-state index contributed by atoms with van der Waals surface area (Å²) in [5.41, 5.74) is 3.31. The molecule has 4 rings (SSSR count). The maximum Gasteiger partial charge on any atom is 0.252 e. The van der Waals surface area contributed by atoms with Gasteiger partial charge in [-0.15, -0.1) is 0 Å². The van der Waals surface area contributed by atoms with Gasteiger partial charge < -0.3 is 0 Å². The first kappa shape index (κ1) is 21.4. The van der Waals surface area contributed by atoms with Gasteiger partial charge in [0.25, 0.3) is 5.78 Å². The van der Waals surface area contributed by atoms with Crippen molar-refractivity contribution >= 4 is 21.7 Å². The van der Waals surface area contributed by atoms with E-state index in [1.807, 2.05) is 23.6 Å². The molecule has 0 amide bonds. The number of nitrogens with zero attached hydrogens (tertiary/aromatic N) is 5. The van der Waals surface area contributed by atoms with E-state index in [4.69, 9.17) is 0 Å². The Hall–Kier alpha value is -1.86. The van der Waals surface area contributed by atoms with Gasteiger partial charge >= 0.3 is 0 Å². The predicted octanol–water partition coefficient (Wildman–Crippen LogP) is 5.55. The van der Waals surface area contributed by atoms with Crippen LogP contribution in [0.4, 0.5) is 4.39 Å². The summed E-state index contributed by atoms with van der Waals surface area (Å²) in [5.74, 6) is 1.76. The van der Waals surface area contributed by atoms with Gasteiger partial charge in [0, 0.05) is 24.2 Å². The molecular formula is C23H29BrFN5. The predicted molar refractivity (Wildman–Crippen MR) is 120 cm³/mol. The van der Waals surface area contributed by atoms with Crippen LogP contribution in [0.25, 0.3) is 5.78 Å². The van der Waals surface area contributed by atoms with Gasteiger partial charge in [-0.1, -0.05) is 26.8 Å². The molecule has 3 atom stereocenters. The van der Waals surface area contributed by atoms with E-state index in [0.717, 1.165) is 31.6 Å². The van der Waals surface area contributed by atoms with Crippen molar-refractivity contribution in [3.63, 3.8) is 0 Å². The maximum atomic E-state index is 13.9. The Kier molecular flexibility index (Phi) is 6.21. The number of aromatic nitrogens is 4. The van der Waals surface area contributed by atoms with Gasteiger partial charge in [0.2, 0.25) is 0 Å². The molecule has 1 saturated heterocycles. The zero-order valence-electron chi connectivity index (χ0n) is 18.0. The highest BCUT2D eigenvalue weighted by Crippen LogP contribution is 2.39. The molecule has 0 spiro atoms. The van der Waals surface area contributed by atoms with E-state index in [2.05, 4.69) is 62.7 Å². The highest BCUT2D eigenvalue weighted by atomic mass is 79.9. The van der Waals surface area contributed by atoms with Crippen molar-refractivity contribution in [1.29, 1.82) is 0 Å². The molecule has 3 aromatic rings. The molecule has 3 heterocycles. The topological polar surface area (TPSA) is 46.3 Å². The molecular weight excluding hydrogens is 445 g/mol. The van der Waals surface area contributed by atoms with Crippen molar-refractivity contribution in [3.05, 3.63) is 57.8 Å². The van der Waals surface area contributed by atoms with Crippen molar-refractivity contribution in [1.82, 2.24) is 24.5 Å². The number of piperidine rings is 1. The van der Waals surface area contributed by atoms with Crippen LogP contribution < -0.4 is 0 Å². The van der Waals surface area contributed by atoms with Gasteiger partial charge in [-0.3, -0.25) is 4.90 Å². The molecule has 1 aliphatic heterocycles. The van der Waals surface area contributed by atoms with Crippen LogP contribution in [0.1, 0.15) is 62.5 Å². The molecule has 0 aliphatic carbocycles. The van der Waals surface area contributed by atoms with Crippen LogP contribution in [0.15, 0.2) is 35.1 Å². The largest absolute Gasteiger partial charge is 0.295 e. The molecule has 0 N–H and O–H groups in total. The monoisotopic (exact) mass is 473 g/mol. The molecule has 1 fully saturated rings. The summed E-state index contributed by atoms with van der Waals surface area (Å²) in [5, 5.41) is 4.42. The molecule has 7 heteroatoms. The molecule has 0 radical (unpaired) electrons. The number of hydrogen-bond donors (Lipinski definition) is 0. The van der Waals surface area contributed by atoms with E-state index in [9.17, 15) is 4.39 Å². The lowest BCUT2D eigenvalue weighted by molar-refractivity contribution is 0.0912. The second kappa shape index (κ2) is 8.71. The Morgan fingerprint density at radius 1 is 1.20 bits per heavy atom. The van der Waals surface area contributed by atoms with Crippen molar-refractivity contribution in [2.24, 2.45) is 11.8 Å². The maximum absolute atomic E-state index is 13.9. The van der Waals surface area contributed by atoms with Crippen LogP contribution in [0.3, 0.4) is 0 Å². The zero-order chi connectivity index (χ0) is 21.4. The highest BCUT2D eigenvalue weighted by molar-refractivity contribution is 9.10. The minimum Gasteiger partial charge on any atom is -0.295 e. The quantitative estimate of drug-likeness (QED) is 0.487. The number of likely N-dealkylation sites (tertiary alicyclic amines) is 1. The molecule has 5 nitrogen and oxygen atoms in total. The summed E-state index contributed by atoms with van der Waals surface area (Å²) in [7, 11) is 0. The van der Waals surface area contributed by atoms with E-state index in [1.54, 1.807) is 12.4 Å². The summed E-state index contributed by atoms with van der Waals surface area (Å²) in [4.78, 5) is 11.4. The smallest absolute Gasteiger partial charge is 0.252 e. The second-order valence-electron chi connectivity index (χ2n) is 8.85. The normalized spacial score (nSPS) is 20.0. The van der Waals surface area contributed by atoms with Gasteiger partial charge in [0.05, 0.1) is 10.2 Å². The summed E-state index contributed by atoms with van der Waals surface area (Å²) in [6, 6.07) is 7.85. The summed E-state index contributed by atoms with van der Waals surface area (Å²) < 4.78 is 16.3. The van der Waals surface area contributed by atoms with Gasteiger partial charge in [0.15, 0.2) is 0 Å². The number of fused-ring (bicyclic) bond motifs is 1. The SMILES string of the molecule is Cc1cc(C2CCCN(C(c3ccc(F)c(Br)c3)C(C)C(C)C)C2)n2ncnc2n1. The lowest BCUT2D eigenvalue weighted by Gasteiger charge is -2.42. The molecule has 160 valence electrons. The fourth-order valence-electron chi connectivity index (χ4n) is 4.66. The van der Waals surface area contributed by atoms with E-state index in [-0.39, 0.29) is 11.9 Å². The van der Waals surface area contributed by atoms with Gasteiger partial charge in [-0.05, 0) is 77.8 Å². The summed E-state index contributed by atoms with van der Waals surface area (Å²) in [6.07, 6.45) is 3.81. The highest BCUT2D eigenvalue weighted by Gasteiger charge is 2.33. The first-order valence-corrected chi connectivity index (χ1v) is 11.5. The standard InChI is InChI=1S/C23H29BrFN5/c1-14(2)16(4)22(17-7-8-20(25)19(24)11-17)29-9-5-6-18(12-29)21-10-15(3)28-23-26-13-27-30(21)23/h7-8,10-11,13-14,16,18,22H,5-6,9,12H2,1-4H3. The minimum absolute atomic E-state index is 0.216. The average Bonchev–Trinajstić information content (AvgIpc) is 3.18. The Morgan fingerprint density at radius 3 is 2.73 bits per heavy atom. The fourth-order valence-corrected chi connectivity index (χ4v) is 5.05. The Morgan fingerprint density at radius 2 is 2.00 bits per heavy atom. The average molecular weight is 474 g/mol. The Balaban J connectivity index is 1.69. The van der Waals surface area contributed by atoms with Crippen molar-refractivity contribution in [3.8, 4) is 0 Å². The molecule has 3 unspecified atom stereocenters. The molecule has 2 aromatic heterocycles. The summed E-state index contributed by atoms with van der Waals surface area (Å²) in [6.45, 7) is 10.8. The van der Waals surface area contributed by atoms with E-state index in [0.29, 0.717) is 28.0 Å².